The minimum atomic E-state index is -5.08. The normalized spacial score (nSPS) is 18.7. The van der Waals surface area contributed by atoms with Gasteiger partial charge in [-0.1, -0.05) is 17.3 Å². The number of rotatable bonds is 8. The molecule has 3 heterocycles. The van der Waals surface area contributed by atoms with Crippen molar-refractivity contribution in [3.63, 3.8) is 0 Å². The molecular weight excluding hydrogens is 573 g/mol. The lowest BCUT2D eigenvalue weighted by Crippen LogP contribution is -2.28. The van der Waals surface area contributed by atoms with Crippen LogP contribution in [0.3, 0.4) is 0 Å². The molecule has 5 rings (SSSR count). The van der Waals surface area contributed by atoms with Gasteiger partial charge in [0.15, 0.2) is 9.84 Å². The number of nitrogens with zero attached hydrogens (tertiary/aromatic N) is 2. The summed E-state index contributed by atoms with van der Waals surface area (Å²) in [6, 6.07) is 10.5. The number of benzene rings is 2. The second-order valence-corrected chi connectivity index (χ2v) is 11.9. The predicted molar refractivity (Wildman–Crippen MR) is 138 cm³/mol. The number of aliphatic carboxylic acids is 1. The van der Waals surface area contributed by atoms with Gasteiger partial charge in [0, 0.05) is 48.1 Å². The number of carboxylic acid groups (broad SMARTS) is 1. The largest absolute Gasteiger partial charge is 0.490 e. The fourth-order valence-corrected chi connectivity index (χ4v) is 6.68. The second kappa shape index (κ2) is 12.1. The number of carbonyl (C=O) groups is 1. The quantitative estimate of drug-likeness (QED) is 0.321. The van der Waals surface area contributed by atoms with Gasteiger partial charge in [0.25, 0.3) is 0 Å². The van der Waals surface area contributed by atoms with Gasteiger partial charge >= 0.3 is 12.1 Å². The van der Waals surface area contributed by atoms with Crippen molar-refractivity contribution in [2.24, 2.45) is 0 Å². The van der Waals surface area contributed by atoms with Crippen molar-refractivity contribution < 1.29 is 44.8 Å². The van der Waals surface area contributed by atoms with Crippen LogP contribution in [0.4, 0.5) is 27.6 Å². The van der Waals surface area contributed by atoms with Gasteiger partial charge in [0.05, 0.1) is 5.69 Å². The van der Waals surface area contributed by atoms with Gasteiger partial charge in [0.2, 0.25) is 0 Å². The molecule has 2 saturated heterocycles. The number of aromatic nitrogens is 1. The lowest BCUT2D eigenvalue weighted by molar-refractivity contribution is -0.192. The molecule has 14 heteroatoms. The van der Waals surface area contributed by atoms with Gasteiger partial charge in [0.1, 0.15) is 28.5 Å². The van der Waals surface area contributed by atoms with Crippen molar-refractivity contribution in [2.45, 2.75) is 74.6 Å². The highest BCUT2D eigenvalue weighted by Gasteiger charge is 2.39. The number of nitrogens with one attached hydrogen (secondary N) is 1. The van der Waals surface area contributed by atoms with E-state index in [-0.39, 0.29) is 23.6 Å². The van der Waals surface area contributed by atoms with E-state index in [9.17, 15) is 26.0 Å². The molecule has 0 saturated carbocycles. The summed E-state index contributed by atoms with van der Waals surface area (Å²) in [4.78, 5) is 11.0. The molecule has 0 spiro atoms. The van der Waals surface area contributed by atoms with Gasteiger partial charge in [-0.25, -0.2) is 22.0 Å². The highest BCUT2D eigenvalue weighted by Crippen LogP contribution is 2.39. The Kier molecular flexibility index (Phi) is 9.02. The number of sulfone groups is 1. The minimum Gasteiger partial charge on any atom is -0.475 e. The maximum absolute atomic E-state index is 15.1. The van der Waals surface area contributed by atoms with Gasteiger partial charge in [-0.15, -0.1) is 0 Å². The summed E-state index contributed by atoms with van der Waals surface area (Å²) in [5.74, 6) is -4.34. The molecule has 0 radical (unpaired) electrons. The average molecular weight is 602 g/mol. The molecule has 3 aromatic rings. The van der Waals surface area contributed by atoms with E-state index in [1.165, 1.54) is 63.1 Å². The number of hydrogen-bond acceptors (Lipinski definition) is 7. The number of hydrogen-bond donors (Lipinski definition) is 2. The van der Waals surface area contributed by atoms with E-state index in [2.05, 4.69) is 19.9 Å². The summed E-state index contributed by atoms with van der Waals surface area (Å²) in [6.45, 7) is 2.39. The first-order valence-corrected chi connectivity index (χ1v) is 14.4. The second-order valence-electron chi connectivity index (χ2n) is 9.97. The van der Waals surface area contributed by atoms with E-state index < -0.39 is 38.4 Å². The topological polar surface area (TPSA) is 113 Å². The number of halogens is 5. The first-order valence-electron chi connectivity index (χ1n) is 12.7. The molecule has 0 amide bonds. The van der Waals surface area contributed by atoms with Crippen molar-refractivity contribution >= 4 is 21.5 Å². The monoisotopic (exact) mass is 601 g/mol. The van der Waals surface area contributed by atoms with Gasteiger partial charge in [-0.2, -0.15) is 13.2 Å². The Labute approximate surface area is 233 Å². The van der Waals surface area contributed by atoms with Crippen LogP contribution in [0, 0.1) is 18.6 Å². The molecule has 2 bridgehead atoms. The number of anilines is 1. The van der Waals surface area contributed by atoms with Crippen LogP contribution in [0.15, 0.2) is 52.1 Å². The summed E-state index contributed by atoms with van der Waals surface area (Å²) in [5, 5.41) is 13.8. The van der Waals surface area contributed by atoms with E-state index in [4.69, 9.17) is 9.90 Å². The summed E-state index contributed by atoms with van der Waals surface area (Å²) >= 11 is 0. The zero-order valence-corrected chi connectivity index (χ0v) is 22.7. The first kappa shape index (κ1) is 30.4. The van der Waals surface area contributed by atoms with Gasteiger partial charge < -0.3 is 14.9 Å². The van der Waals surface area contributed by atoms with Crippen LogP contribution in [0.5, 0.6) is 0 Å². The van der Waals surface area contributed by atoms with E-state index in [0.717, 1.165) is 5.56 Å². The minimum absolute atomic E-state index is 0.164. The molecule has 2 N–H and O–H groups in total. The standard InChI is InChI=1S/C25H27F2N3O3S.C2HF3O2/c1-16-23(9-10-24(25(16)27)34(31,32)15-18-11-12-33-29-18)28-13-21-17(3-2-4-22(21)26)14-30-19-5-6-20(30)8-7-19;3-2(4,5)1(6)7/h2-4,9-12,19-20,28H,5-8,13-15H2,1H3;(H,6,7). The van der Waals surface area contributed by atoms with Crippen LogP contribution in [0.1, 0.15) is 48.1 Å². The molecule has 2 aromatic carbocycles. The Morgan fingerprint density at radius 3 is 2.29 bits per heavy atom. The smallest absolute Gasteiger partial charge is 0.475 e. The molecular formula is C27H28F5N3O5S. The van der Waals surface area contributed by atoms with Crippen LogP contribution in [0.25, 0.3) is 0 Å². The molecule has 8 nitrogen and oxygen atoms in total. The third-order valence-electron chi connectivity index (χ3n) is 7.39. The molecule has 222 valence electrons. The SMILES string of the molecule is Cc1c(NCc2c(F)cccc2CN2C3CCC2CC3)ccc(S(=O)(=O)Cc2ccon2)c1F.O=C(O)C(F)(F)F. The van der Waals surface area contributed by atoms with Crippen LogP contribution in [0.2, 0.25) is 0 Å². The third-order valence-corrected chi connectivity index (χ3v) is 9.05. The Hall–Kier alpha value is -3.52. The molecule has 41 heavy (non-hydrogen) atoms. The molecule has 0 aliphatic carbocycles. The Balaban J connectivity index is 0.000000493. The summed E-state index contributed by atoms with van der Waals surface area (Å²) in [5.41, 5.74) is 2.27. The zero-order chi connectivity index (χ0) is 29.9. The molecule has 2 aliphatic rings. The highest BCUT2D eigenvalue weighted by molar-refractivity contribution is 7.90. The summed E-state index contributed by atoms with van der Waals surface area (Å²) < 4.78 is 91.6. The van der Waals surface area contributed by atoms with E-state index in [1.54, 1.807) is 6.07 Å². The number of fused-ring (bicyclic) bond motifs is 2. The van der Waals surface area contributed by atoms with Crippen LogP contribution >= 0.6 is 0 Å². The Morgan fingerprint density at radius 1 is 1.10 bits per heavy atom. The third kappa shape index (κ3) is 7.04. The van der Waals surface area contributed by atoms with Crippen LogP contribution in [-0.4, -0.2) is 47.8 Å². The highest BCUT2D eigenvalue weighted by atomic mass is 32.2. The summed E-state index contributed by atoms with van der Waals surface area (Å²) in [6.07, 6.45) is 1.01. The number of carboxylic acids is 1. The fraction of sp³-hybridized carbons (Fsp3) is 0.407. The van der Waals surface area contributed by atoms with Crippen molar-refractivity contribution in [2.75, 3.05) is 5.32 Å². The van der Waals surface area contributed by atoms with Gasteiger partial charge in [-0.05, 0) is 56.4 Å². The van der Waals surface area contributed by atoms with E-state index >= 15 is 4.39 Å². The Bertz CT molecular complexity index is 1480. The maximum atomic E-state index is 15.1. The molecule has 2 aliphatic heterocycles. The first-order chi connectivity index (χ1) is 19.3. The molecule has 0 unspecified atom stereocenters. The van der Waals surface area contributed by atoms with Gasteiger partial charge in [-0.3, -0.25) is 4.90 Å². The fourth-order valence-electron chi connectivity index (χ4n) is 5.28. The lowest BCUT2D eigenvalue weighted by Gasteiger charge is -2.23. The number of alkyl halides is 3. The van der Waals surface area contributed by atoms with Crippen molar-refractivity contribution in [1.29, 1.82) is 0 Å². The molecule has 0 atom stereocenters. The molecule has 1 aromatic heterocycles. The average Bonchev–Trinajstić information content (AvgIpc) is 3.64. The van der Waals surface area contributed by atoms with Crippen molar-refractivity contribution in [1.82, 2.24) is 10.1 Å². The van der Waals surface area contributed by atoms with Crippen LogP contribution < -0.4 is 5.32 Å². The zero-order valence-electron chi connectivity index (χ0n) is 21.9. The maximum Gasteiger partial charge on any atom is 0.490 e. The van der Waals surface area contributed by atoms with Crippen LogP contribution in [-0.2, 0) is 33.5 Å². The predicted octanol–water partition coefficient (Wildman–Crippen LogP) is 5.61. The van der Waals surface area contributed by atoms with E-state index in [1.807, 2.05) is 6.07 Å². The summed E-state index contributed by atoms with van der Waals surface area (Å²) in [7, 11) is -3.94. The van der Waals surface area contributed by atoms with Crippen molar-refractivity contribution in [3.05, 3.63) is 76.7 Å². The molecule has 2 fully saturated rings. The lowest BCUT2D eigenvalue weighted by atomic mass is 10.0. The Morgan fingerprint density at radius 2 is 1.73 bits per heavy atom. The van der Waals surface area contributed by atoms with E-state index in [0.29, 0.717) is 29.9 Å². The van der Waals surface area contributed by atoms with Crippen molar-refractivity contribution in [3.8, 4) is 0 Å².